The van der Waals surface area contributed by atoms with Crippen molar-refractivity contribution in [3.63, 3.8) is 0 Å². The van der Waals surface area contributed by atoms with Gasteiger partial charge in [-0.3, -0.25) is 9.80 Å². The Morgan fingerprint density at radius 3 is 2.42 bits per heavy atom. The molecule has 4 atom stereocenters. The third kappa shape index (κ3) is 5.97. The summed E-state index contributed by atoms with van der Waals surface area (Å²) in [6, 6.07) is 10.2. The summed E-state index contributed by atoms with van der Waals surface area (Å²) in [7, 11) is 0. The van der Waals surface area contributed by atoms with Gasteiger partial charge in [0.1, 0.15) is 29.1 Å². The van der Waals surface area contributed by atoms with E-state index >= 15 is 0 Å². The summed E-state index contributed by atoms with van der Waals surface area (Å²) < 4.78 is 66.5. The van der Waals surface area contributed by atoms with Crippen molar-refractivity contribution < 1.29 is 36.9 Å². The molecule has 7 nitrogen and oxygen atoms in total. The van der Waals surface area contributed by atoms with Crippen LogP contribution in [0.4, 0.5) is 28.9 Å². The third-order valence-corrected chi connectivity index (χ3v) is 7.00. The molecule has 11 heteroatoms. The highest BCUT2D eigenvalue weighted by Gasteiger charge is 2.48. The van der Waals surface area contributed by atoms with E-state index in [-0.39, 0.29) is 17.8 Å². The van der Waals surface area contributed by atoms with E-state index in [1.165, 1.54) is 13.0 Å². The maximum atomic E-state index is 14.5. The van der Waals surface area contributed by atoms with Gasteiger partial charge in [0.2, 0.25) is 0 Å². The Kier molecular flexibility index (Phi) is 8.03. The minimum atomic E-state index is -4.65. The van der Waals surface area contributed by atoms with Gasteiger partial charge in [-0.05, 0) is 43.3 Å². The van der Waals surface area contributed by atoms with Gasteiger partial charge in [0.05, 0.1) is 30.4 Å². The summed E-state index contributed by atoms with van der Waals surface area (Å²) in [6.45, 7) is 6.87. The van der Waals surface area contributed by atoms with Crippen molar-refractivity contribution in [1.29, 1.82) is 0 Å². The van der Waals surface area contributed by atoms with Gasteiger partial charge in [-0.25, -0.2) is 4.39 Å². The number of nitrogens with zero attached hydrogens (tertiary/aromatic N) is 3. The number of anilines is 2. The molecule has 2 aromatic rings. The summed E-state index contributed by atoms with van der Waals surface area (Å²) >= 11 is 0. The van der Waals surface area contributed by atoms with Crippen molar-refractivity contribution in [2.24, 2.45) is 16.9 Å². The molecule has 38 heavy (non-hydrogen) atoms. The number of hydrazone groups is 1. The number of carbonyl (C=O) groups is 1. The molecular weight excluding hydrogens is 506 g/mol. The standard InChI is InChI=1S/C27H31F4N3O4/c1-4-37-20-9-10-21(28)23(13-20)33-12-11-24(16(2)15-33)38-19-7-5-18(6-8-19)34-22(14-25(35)36)17(3)26(32-34)27(29,30)31/h5-10,13,16-17,22,24H,4,11-12,14-15H2,1-3H3,(H,35,36)/t16-,17?,22?,24-/m1/s1. The molecule has 1 N–H and O–H groups in total. The maximum Gasteiger partial charge on any atom is 0.431 e. The number of hydrogen-bond donors (Lipinski definition) is 1. The highest BCUT2D eigenvalue weighted by atomic mass is 19.4. The van der Waals surface area contributed by atoms with Crippen molar-refractivity contribution in [3.8, 4) is 11.5 Å². The second kappa shape index (κ2) is 11.1. The van der Waals surface area contributed by atoms with Gasteiger partial charge in [0.25, 0.3) is 0 Å². The lowest BCUT2D eigenvalue weighted by Crippen LogP contribution is -2.44. The predicted octanol–water partition coefficient (Wildman–Crippen LogP) is 5.74. The van der Waals surface area contributed by atoms with Crippen molar-refractivity contribution in [2.75, 3.05) is 29.6 Å². The van der Waals surface area contributed by atoms with Gasteiger partial charge in [0.15, 0.2) is 0 Å². The van der Waals surface area contributed by atoms with Gasteiger partial charge >= 0.3 is 12.1 Å². The predicted molar refractivity (Wildman–Crippen MR) is 136 cm³/mol. The van der Waals surface area contributed by atoms with Crippen LogP contribution >= 0.6 is 0 Å². The first-order chi connectivity index (χ1) is 18.0. The Morgan fingerprint density at radius 1 is 1.13 bits per heavy atom. The highest BCUT2D eigenvalue weighted by Crippen LogP contribution is 2.37. The monoisotopic (exact) mass is 537 g/mol. The lowest BCUT2D eigenvalue weighted by atomic mass is 9.94. The number of benzene rings is 2. The molecular formula is C27H31F4N3O4. The molecule has 0 radical (unpaired) electrons. The number of hydrogen-bond acceptors (Lipinski definition) is 6. The molecule has 2 aliphatic rings. The fourth-order valence-corrected chi connectivity index (χ4v) is 5.04. The fraction of sp³-hybridized carbons (Fsp3) is 0.481. The zero-order valence-electron chi connectivity index (χ0n) is 21.4. The molecule has 0 aromatic heterocycles. The van der Waals surface area contributed by atoms with Crippen LogP contribution in [-0.4, -0.2) is 54.8 Å². The van der Waals surface area contributed by atoms with Crippen LogP contribution in [0.25, 0.3) is 0 Å². The lowest BCUT2D eigenvalue weighted by Gasteiger charge is -2.38. The van der Waals surface area contributed by atoms with Gasteiger partial charge in [-0.15, -0.1) is 0 Å². The van der Waals surface area contributed by atoms with Crippen LogP contribution in [0.2, 0.25) is 0 Å². The van der Waals surface area contributed by atoms with Gasteiger partial charge in [0, 0.05) is 37.4 Å². The minimum Gasteiger partial charge on any atom is -0.494 e. The first-order valence-corrected chi connectivity index (χ1v) is 12.6. The zero-order valence-corrected chi connectivity index (χ0v) is 21.4. The molecule has 0 bridgehead atoms. The quantitative estimate of drug-likeness (QED) is 0.433. The Labute approximate surface area is 218 Å². The fourth-order valence-electron chi connectivity index (χ4n) is 5.04. The number of piperidine rings is 1. The first-order valence-electron chi connectivity index (χ1n) is 12.6. The number of ether oxygens (including phenoxy) is 2. The van der Waals surface area contributed by atoms with E-state index in [0.29, 0.717) is 49.0 Å². The van der Waals surface area contributed by atoms with Gasteiger partial charge in [-0.2, -0.15) is 18.3 Å². The van der Waals surface area contributed by atoms with Crippen LogP contribution in [-0.2, 0) is 4.79 Å². The molecule has 2 heterocycles. The van der Waals surface area contributed by atoms with Gasteiger partial charge < -0.3 is 19.5 Å². The summed E-state index contributed by atoms with van der Waals surface area (Å²) in [5.41, 5.74) is -0.157. The number of alkyl halides is 3. The molecule has 2 aromatic carbocycles. The Hall–Kier alpha value is -3.50. The van der Waals surface area contributed by atoms with Crippen molar-refractivity contribution >= 4 is 23.1 Å². The largest absolute Gasteiger partial charge is 0.494 e. The summed E-state index contributed by atoms with van der Waals surface area (Å²) in [4.78, 5) is 13.3. The molecule has 0 aliphatic carbocycles. The molecule has 0 saturated carbocycles. The SMILES string of the molecule is CCOc1ccc(F)c(N2CC[C@@H](Oc3ccc(N4N=C(C(F)(F)F)C(C)C4CC(=O)O)cc3)[C@H](C)C2)c1. The van der Waals surface area contributed by atoms with E-state index in [2.05, 4.69) is 5.10 Å². The number of halogens is 4. The zero-order chi connectivity index (χ0) is 27.6. The first kappa shape index (κ1) is 27.5. The van der Waals surface area contributed by atoms with E-state index in [1.807, 2.05) is 18.7 Å². The molecule has 0 spiro atoms. The topological polar surface area (TPSA) is 74.6 Å². The minimum absolute atomic E-state index is 0.0666. The van der Waals surface area contributed by atoms with E-state index < -0.39 is 36.2 Å². The second-order valence-electron chi connectivity index (χ2n) is 9.69. The van der Waals surface area contributed by atoms with E-state index in [4.69, 9.17) is 9.47 Å². The smallest absolute Gasteiger partial charge is 0.431 e. The molecule has 4 rings (SSSR count). The third-order valence-electron chi connectivity index (χ3n) is 7.00. The number of aliphatic carboxylic acids is 1. The van der Waals surface area contributed by atoms with E-state index in [9.17, 15) is 27.5 Å². The van der Waals surface area contributed by atoms with Crippen LogP contribution in [0.1, 0.15) is 33.6 Å². The maximum absolute atomic E-state index is 14.5. The second-order valence-corrected chi connectivity index (χ2v) is 9.69. The average molecular weight is 538 g/mol. The van der Waals surface area contributed by atoms with Crippen LogP contribution in [0.5, 0.6) is 11.5 Å². The van der Waals surface area contributed by atoms with Crippen LogP contribution in [0, 0.1) is 17.7 Å². The Bertz CT molecular complexity index is 1170. The highest BCUT2D eigenvalue weighted by molar-refractivity contribution is 5.95. The molecule has 206 valence electrons. The van der Waals surface area contributed by atoms with Crippen molar-refractivity contribution in [2.45, 2.75) is 51.9 Å². The number of carboxylic acids is 1. The average Bonchev–Trinajstić information content (AvgIpc) is 3.18. The summed E-state index contributed by atoms with van der Waals surface area (Å²) in [5, 5.41) is 14.1. The number of carboxylic acid groups (broad SMARTS) is 1. The van der Waals surface area contributed by atoms with E-state index in [1.54, 1.807) is 36.4 Å². The molecule has 1 saturated heterocycles. The summed E-state index contributed by atoms with van der Waals surface area (Å²) in [5.74, 6) is -1.39. The number of rotatable bonds is 8. The van der Waals surface area contributed by atoms with Crippen molar-refractivity contribution in [1.82, 2.24) is 0 Å². The Balaban J connectivity index is 1.43. The summed E-state index contributed by atoms with van der Waals surface area (Å²) in [6.07, 6.45) is -4.62. The van der Waals surface area contributed by atoms with Crippen LogP contribution in [0.3, 0.4) is 0 Å². The molecule has 2 aliphatic heterocycles. The van der Waals surface area contributed by atoms with Crippen LogP contribution < -0.4 is 19.4 Å². The normalized spacial score (nSPS) is 23.8. The van der Waals surface area contributed by atoms with Crippen LogP contribution in [0.15, 0.2) is 47.6 Å². The Morgan fingerprint density at radius 2 is 1.82 bits per heavy atom. The molecule has 2 unspecified atom stereocenters. The van der Waals surface area contributed by atoms with E-state index in [0.717, 1.165) is 5.01 Å². The molecule has 1 fully saturated rings. The van der Waals surface area contributed by atoms with Gasteiger partial charge in [-0.1, -0.05) is 13.8 Å². The molecule has 0 amide bonds. The van der Waals surface area contributed by atoms with Crippen molar-refractivity contribution in [3.05, 3.63) is 48.3 Å². The lowest BCUT2D eigenvalue weighted by molar-refractivity contribution is -0.137.